The fourth-order valence-corrected chi connectivity index (χ4v) is 0.757. The Hall–Kier alpha value is -0.560. The molecule has 0 saturated heterocycles. The van der Waals surface area contributed by atoms with E-state index in [4.69, 9.17) is 0 Å². The number of hydrogen-bond acceptors (Lipinski definition) is 1. The van der Waals surface area contributed by atoms with E-state index < -0.39 is 0 Å². The van der Waals surface area contributed by atoms with Crippen molar-refractivity contribution in [3.05, 3.63) is 24.8 Å². The van der Waals surface area contributed by atoms with E-state index in [1.165, 1.54) is 0 Å². The molecule has 1 heteroatoms. The zero-order valence-electron chi connectivity index (χ0n) is 7.15. The molecule has 0 bridgehead atoms. The van der Waals surface area contributed by atoms with Crippen molar-refractivity contribution < 1.29 is 0 Å². The normalized spacial score (nSPS) is 15.9. The molecular weight excluding hydrogens is 122 g/mol. The summed E-state index contributed by atoms with van der Waals surface area (Å²) in [5.74, 6) is 0.475. The summed E-state index contributed by atoms with van der Waals surface area (Å²) in [6, 6.07) is 0.477. The van der Waals surface area contributed by atoms with Gasteiger partial charge in [-0.3, -0.25) is 0 Å². The molecule has 0 aromatic carbocycles. The Morgan fingerprint density at radius 1 is 1.50 bits per heavy atom. The van der Waals surface area contributed by atoms with E-state index in [9.17, 15) is 0 Å². The minimum absolute atomic E-state index is 0.475. The van der Waals surface area contributed by atoms with Crippen molar-refractivity contribution in [3.8, 4) is 0 Å². The minimum atomic E-state index is 0.475. The molecule has 0 aromatic rings. The molecule has 0 amide bonds. The zero-order valence-corrected chi connectivity index (χ0v) is 7.15. The van der Waals surface area contributed by atoms with E-state index in [2.05, 4.69) is 32.3 Å². The summed E-state index contributed by atoms with van der Waals surface area (Å²) in [6.07, 6.45) is 1.82. The summed E-state index contributed by atoms with van der Waals surface area (Å²) in [6.45, 7) is 11.8. The lowest BCUT2D eigenvalue weighted by Crippen LogP contribution is -2.29. The second-order valence-corrected chi connectivity index (χ2v) is 2.65. The van der Waals surface area contributed by atoms with E-state index >= 15 is 0 Å². The molecule has 2 unspecified atom stereocenters. The van der Waals surface area contributed by atoms with Gasteiger partial charge in [-0.2, -0.15) is 0 Å². The first-order valence-electron chi connectivity index (χ1n) is 3.62. The summed E-state index contributed by atoms with van der Waals surface area (Å²) >= 11 is 0. The first kappa shape index (κ1) is 9.44. The van der Waals surface area contributed by atoms with E-state index in [1.54, 1.807) is 0 Å². The van der Waals surface area contributed by atoms with Gasteiger partial charge in [0.05, 0.1) is 0 Å². The van der Waals surface area contributed by atoms with Crippen LogP contribution in [-0.2, 0) is 0 Å². The second kappa shape index (κ2) is 4.29. The standard InChI is InChI=1S/C9H17N/c1-6-7(2)8(3)9(4)10-5/h6,8-10H,1-2H2,3-5H3. The van der Waals surface area contributed by atoms with Gasteiger partial charge < -0.3 is 5.32 Å². The van der Waals surface area contributed by atoms with Crippen molar-refractivity contribution in [1.29, 1.82) is 0 Å². The van der Waals surface area contributed by atoms with E-state index in [0.29, 0.717) is 12.0 Å². The summed E-state index contributed by atoms with van der Waals surface area (Å²) in [5.41, 5.74) is 1.10. The van der Waals surface area contributed by atoms with Crippen LogP contribution in [0.2, 0.25) is 0 Å². The maximum absolute atomic E-state index is 3.88. The molecule has 0 rings (SSSR count). The van der Waals surface area contributed by atoms with E-state index in [0.717, 1.165) is 5.57 Å². The van der Waals surface area contributed by atoms with Crippen molar-refractivity contribution >= 4 is 0 Å². The van der Waals surface area contributed by atoms with Crippen LogP contribution in [0, 0.1) is 5.92 Å². The molecule has 1 N–H and O–H groups in total. The third kappa shape index (κ3) is 2.36. The molecule has 0 radical (unpaired) electrons. The summed E-state index contributed by atoms with van der Waals surface area (Å²) in [5, 5.41) is 3.17. The third-order valence-electron chi connectivity index (χ3n) is 2.05. The predicted octanol–water partition coefficient (Wildman–Crippen LogP) is 1.97. The van der Waals surface area contributed by atoms with Crippen molar-refractivity contribution in [2.45, 2.75) is 19.9 Å². The monoisotopic (exact) mass is 139 g/mol. The smallest absolute Gasteiger partial charge is 0.0102 e. The lowest BCUT2D eigenvalue weighted by Gasteiger charge is -2.19. The van der Waals surface area contributed by atoms with Gasteiger partial charge in [0, 0.05) is 6.04 Å². The van der Waals surface area contributed by atoms with Crippen LogP contribution in [0.4, 0.5) is 0 Å². The zero-order chi connectivity index (χ0) is 8.15. The molecule has 0 aliphatic heterocycles. The van der Waals surface area contributed by atoms with E-state index in [1.807, 2.05) is 13.1 Å². The van der Waals surface area contributed by atoms with Crippen LogP contribution in [-0.4, -0.2) is 13.1 Å². The molecule has 10 heavy (non-hydrogen) atoms. The Kier molecular flexibility index (Phi) is 4.05. The van der Waals surface area contributed by atoms with Crippen molar-refractivity contribution in [2.24, 2.45) is 5.92 Å². The Morgan fingerprint density at radius 2 is 2.00 bits per heavy atom. The predicted molar refractivity (Wildman–Crippen MR) is 47.0 cm³/mol. The molecule has 0 fully saturated rings. The number of nitrogens with one attached hydrogen (secondary N) is 1. The largest absolute Gasteiger partial charge is 0.317 e. The van der Waals surface area contributed by atoms with Crippen LogP contribution in [0.3, 0.4) is 0 Å². The van der Waals surface area contributed by atoms with Gasteiger partial charge in [0.2, 0.25) is 0 Å². The molecule has 1 nitrogen and oxygen atoms in total. The van der Waals surface area contributed by atoms with Crippen LogP contribution in [0.1, 0.15) is 13.8 Å². The van der Waals surface area contributed by atoms with Crippen LogP contribution < -0.4 is 5.32 Å². The van der Waals surface area contributed by atoms with Crippen LogP contribution >= 0.6 is 0 Å². The van der Waals surface area contributed by atoms with Crippen molar-refractivity contribution in [3.63, 3.8) is 0 Å². The average molecular weight is 139 g/mol. The summed E-state index contributed by atoms with van der Waals surface area (Å²) < 4.78 is 0. The van der Waals surface area contributed by atoms with Crippen molar-refractivity contribution in [1.82, 2.24) is 5.32 Å². The van der Waals surface area contributed by atoms with Gasteiger partial charge in [-0.25, -0.2) is 0 Å². The minimum Gasteiger partial charge on any atom is -0.317 e. The summed E-state index contributed by atoms with van der Waals surface area (Å²) in [4.78, 5) is 0. The van der Waals surface area contributed by atoms with Gasteiger partial charge >= 0.3 is 0 Å². The molecule has 0 saturated carbocycles. The molecule has 0 aliphatic rings. The molecule has 58 valence electrons. The fourth-order valence-electron chi connectivity index (χ4n) is 0.757. The summed E-state index contributed by atoms with van der Waals surface area (Å²) in [7, 11) is 1.96. The molecule has 2 atom stereocenters. The lowest BCUT2D eigenvalue weighted by atomic mass is 9.96. The highest BCUT2D eigenvalue weighted by molar-refractivity contribution is 5.15. The Bertz CT molecular complexity index is 127. The SMILES string of the molecule is C=CC(=C)C(C)C(C)NC. The van der Waals surface area contributed by atoms with Crippen LogP contribution in [0.25, 0.3) is 0 Å². The fraction of sp³-hybridized carbons (Fsp3) is 0.556. The van der Waals surface area contributed by atoms with Gasteiger partial charge in [0.1, 0.15) is 0 Å². The number of rotatable bonds is 4. The highest BCUT2D eigenvalue weighted by Crippen LogP contribution is 2.12. The molecule has 0 spiro atoms. The average Bonchev–Trinajstić information content (AvgIpc) is 2.00. The Balaban J connectivity index is 3.93. The highest BCUT2D eigenvalue weighted by atomic mass is 14.9. The molecule has 0 aromatic heterocycles. The number of hydrogen-bond donors (Lipinski definition) is 1. The quantitative estimate of drug-likeness (QED) is 0.587. The van der Waals surface area contributed by atoms with Gasteiger partial charge in [0.25, 0.3) is 0 Å². The molecule has 0 aliphatic carbocycles. The van der Waals surface area contributed by atoms with Crippen LogP contribution in [0.15, 0.2) is 24.8 Å². The first-order valence-corrected chi connectivity index (χ1v) is 3.62. The van der Waals surface area contributed by atoms with E-state index in [-0.39, 0.29) is 0 Å². The van der Waals surface area contributed by atoms with Gasteiger partial charge in [-0.15, -0.1) is 0 Å². The maximum atomic E-state index is 3.88. The number of allylic oxidation sites excluding steroid dienone is 1. The topological polar surface area (TPSA) is 12.0 Å². The van der Waals surface area contributed by atoms with Gasteiger partial charge in [0.15, 0.2) is 0 Å². The molecule has 0 heterocycles. The second-order valence-electron chi connectivity index (χ2n) is 2.65. The van der Waals surface area contributed by atoms with Crippen LogP contribution in [0.5, 0.6) is 0 Å². The van der Waals surface area contributed by atoms with Crippen molar-refractivity contribution in [2.75, 3.05) is 7.05 Å². The Morgan fingerprint density at radius 3 is 2.30 bits per heavy atom. The van der Waals surface area contributed by atoms with Gasteiger partial charge in [-0.1, -0.05) is 31.7 Å². The Labute approximate surface area is 63.8 Å². The maximum Gasteiger partial charge on any atom is 0.0102 e. The highest BCUT2D eigenvalue weighted by Gasteiger charge is 2.10. The lowest BCUT2D eigenvalue weighted by molar-refractivity contribution is 0.486. The van der Waals surface area contributed by atoms with Gasteiger partial charge in [-0.05, 0) is 19.9 Å². The molecular formula is C9H17N. The third-order valence-corrected chi connectivity index (χ3v) is 2.05. The first-order chi connectivity index (χ1) is 4.63.